The molecule has 1 spiro atoms. The molecule has 2 N–H and O–H groups in total. The maximum atomic E-state index is 13.2. The van der Waals surface area contributed by atoms with E-state index in [2.05, 4.69) is 4.36 Å². The van der Waals surface area contributed by atoms with Crippen molar-refractivity contribution in [3.63, 3.8) is 0 Å². The van der Waals surface area contributed by atoms with Gasteiger partial charge in [-0.05, 0) is 50.3 Å². The summed E-state index contributed by atoms with van der Waals surface area (Å²) >= 11 is 0. The van der Waals surface area contributed by atoms with Crippen LogP contribution in [0.4, 0.5) is 0 Å². The quantitative estimate of drug-likeness (QED) is 0.812. The van der Waals surface area contributed by atoms with Gasteiger partial charge in [0.15, 0.2) is 0 Å². The number of carbonyl (C=O) groups is 1. The summed E-state index contributed by atoms with van der Waals surface area (Å²) in [5.74, 6) is 0.746. The predicted octanol–water partition coefficient (Wildman–Crippen LogP) is 1.51. The van der Waals surface area contributed by atoms with Crippen molar-refractivity contribution in [2.75, 3.05) is 25.1 Å². The van der Waals surface area contributed by atoms with Crippen molar-refractivity contribution in [1.82, 2.24) is 4.90 Å². The Morgan fingerprint density at radius 2 is 2.00 bits per heavy atom. The van der Waals surface area contributed by atoms with Gasteiger partial charge in [-0.2, -0.15) is 0 Å². The van der Waals surface area contributed by atoms with Gasteiger partial charge in [-0.15, -0.1) is 0 Å². The highest BCUT2D eigenvalue weighted by molar-refractivity contribution is 7.93. The molecule has 1 aromatic rings. The van der Waals surface area contributed by atoms with Crippen molar-refractivity contribution in [2.24, 2.45) is 9.50 Å². The number of aryl methyl sites for hydroxylation is 1. The van der Waals surface area contributed by atoms with Crippen molar-refractivity contribution in [1.29, 1.82) is 0 Å². The number of rotatable bonds is 2. The van der Waals surface area contributed by atoms with Crippen LogP contribution in [0.15, 0.2) is 27.5 Å². The number of benzene rings is 1. The van der Waals surface area contributed by atoms with Gasteiger partial charge in [0.2, 0.25) is 10.0 Å². The second-order valence-corrected chi connectivity index (χ2v) is 11.4. The summed E-state index contributed by atoms with van der Waals surface area (Å²) < 4.78 is 40.5. The minimum Gasteiger partial charge on any atom is -0.332 e. The lowest BCUT2D eigenvalue weighted by molar-refractivity contribution is 0.0608. The van der Waals surface area contributed by atoms with E-state index in [-0.39, 0.29) is 10.8 Å². The van der Waals surface area contributed by atoms with Crippen molar-refractivity contribution < 1.29 is 17.4 Å². The highest BCUT2D eigenvalue weighted by atomic mass is 32.2. The molecule has 1 amide bonds. The van der Waals surface area contributed by atoms with Gasteiger partial charge in [0.25, 0.3) is 5.91 Å². The summed E-state index contributed by atoms with van der Waals surface area (Å²) in [7, 11) is -4.61. The van der Waals surface area contributed by atoms with Crippen LogP contribution in [0.5, 0.6) is 0 Å². The molecule has 2 atom stereocenters. The average Bonchev–Trinajstić information content (AvgIpc) is 2.96. The molecule has 9 heteroatoms. The van der Waals surface area contributed by atoms with Gasteiger partial charge in [-0.3, -0.25) is 4.79 Å². The first-order chi connectivity index (χ1) is 12.1. The number of hydrogen-bond acceptors (Lipinski definition) is 5. The smallest absolute Gasteiger partial charge is 0.254 e. The molecule has 1 aromatic carbocycles. The number of nitrogens with zero attached hydrogens (tertiary/aromatic N) is 2. The highest BCUT2D eigenvalue weighted by Gasteiger charge is 2.47. The molecule has 144 valence electrons. The zero-order chi connectivity index (χ0) is 19.2. The van der Waals surface area contributed by atoms with Crippen LogP contribution < -0.4 is 5.14 Å². The van der Waals surface area contributed by atoms with E-state index in [9.17, 15) is 17.4 Å². The lowest BCUT2D eigenvalue weighted by Crippen LogP contribution is -2.54. The Morgan fingerprint density at radius 3 is 2.65 bits per heavy atom. The standard InChI is InChI=1S/C17H25N3O4S2/c1-13-5-6-14(11-15(13)26(18,23)24)16(21)20-9-3-7-17(20)8-4-10-25(22,12-17)19-2/h5-6,11H,3-4,7-10,12H2,1-2H3,(H2,18,23,24). The zero-order valence-electron chi connectivity index (χ0n) is 15.1. The Kier molecular flexibility index (Phi) is 4.91. The molecule has 2 heterocycles. The van der Waals surface area contributed by atoms with Crippen molar-refractivity contribution in [2.45, 2.75) is 43.0 Å². The second kappa shape index (κ2) is 6.61. The summed E-state index contributed by atoms with van der Waals surface area (Å²) in [6.07, 6.45) is 3.23. The summed E-state index contributed by atoms with van der Waals surface area (Å²) in [6, 6.07) is 4.58. The van der Waals surface area contributed by atoms with Crippen LogP contribution in [0.25, 0.3) is 0 Å². The van der Waals surface area contributed by atoms with Crippen LogP contribution in [0.3, 0.4) is 0 Å². The average molecular weight is 400 g/mol. The van der Waals surface area contributed by atoms with E-state index in [1.807, 2.05) is 0 Å². The third-order valence-electron chi connectivity index (χ3n) is 5.52. The maximum absolute atomic E-state index is 13.2. The molecule has 2 aliphatic heterocycles. The number of hydrogen-bond donors (Lipinski definition) is 1. The Labute approximate surface area is 155 Å². The first-order valence-corrected chi connectivity index (χ1v) is 12.1. The van der Waals surface area contributed by atoms with Crippen LogP contribution in [-0.4, -0.2) is 54.1 Å². The number of nitrogens with two attached hydrogens (primary N) is 1. The number of likely N-dealkylation sites (tertiary alicyclic amines) is 1. The molecule has 0 saturated carbocycles. The monoisotopic (exact) mass is 399 g/mol. The first-order valence-electron chi connectivity index (χ1n) is 8.66. The number of amides is 1. The summed E-state index contributed by atoms with van der Waals surface area (Å²) in [5.41, 5.74) is 0.357. The van der Waals surface area contributed by atoms with Crippen LogP contribution in [0.2, 0.25) is 0 Å². The van der Waals surface area contributed by atoms with Gasteiger partial charge in [-0.1, -0.05) is 6.07 Å². The second-order valence-electron chi connectivity index (χ2n) is 7.22. The van der Waals surface area contributed by atoms with Gasteiger partial charge >= 0.3 is 0 Å². The van der Waals surface area contributed by atoms with E-state index >= 15 is 0 Å². The normalized spacial score (nSPS) is 29.1. The van der Waals surface area contributed by atoms with E-state index in [0.717, 1.165) is 25.7 Å². The fraction of sp³-hybridized carbons (Fsp3) is 0.588. The Hall–Kier alpha value is -1.45. The van der Waals surface area contributed by atoms with Gasteiger partial charge in [0, 0.05) is 34.6 Å². The molecule has 2 fully saturated rings. The maximum Gasteiger partial charge on any atom is 0.254 e. The third kappa shape index (κ3) is 3.39. The summed E-state index contributed by atoms with van der Waals surface area (Å²) in [6.45, 7) is 2.22. The predicted molar refractivity (Wildman–Crippen MR) is 101 cm³/mol. The molecule has 7 nitrogen and oxygen atoms in total. The van der Waals surface area contributed by atoms with Gasteiger partial charge in [0.1, 0.15) is 0 Å². The van der Waals surface area contributed by atoms with Crippen LogP contribution in [0, 0.1) is 6.92 Å². The Balaban J connectivity index is 1.99. The minimum atomic E-state index is -3.90. The van der Waals surface area contributed by atoms with E-state index in [4.69, 9.17) is 5.14 Å². The molecule has 0 aromatic heterocycles. The number of sulfonamides is 1. The van der Waals surface area contributed by atoms with E-state index in [0.29, 0.717) is 29.2 Å². The SMILES string of the molecule is CN=S1(=O)CCCC2(CCCN2C(=O)c2ccc(C)c(S(N)(=O)=O)c2)C1. The molecule has 0 aliphatic carbocycles. The van der Waals surface area contributed by atoms with Crippen molar-refractivity contribution in [3.8, 4) is 0 Å². The van der Waals surface area contributed by atoms with Crippen LogP contribution in [-0.2, 0) is 19.8 Å². The zero-order valence-corrected chi connectivity index (χ0v) is 16.7. The van der Waals surface area contributed by atoms with Gasteiger partial charge in [0.05, 0.1) is 16.2 Å². The van der Waals surface area contributed by atoms with Crippen LogP contribution in [0.1, 0.15) is 41.6 Å². The van der Waals surface area contributed by atoms with E-state index in [1.165, 1.54) is 6.07 Å². The molecule has 2 saturated heterocycles. The summed E-state index contributed by atoms with van der Waals surface area (Å²) in [5, 5.41) is 5.27. The number of carbonyl (C=O) groups excluding carboxylic acids is 1. The fourth-order valence-electron chi connectivity index (χ4n) is 4.21. The lowest BCUT2D eigenvalue weighted by atomic mass is 9.91. The molecular weight excluding hydrogens is 374 g/mol. The van der Waals surface area contributed by atoms with Gasteiger partial charge < -0.3 is 4.90 Å². The molecule has 0 bridgehead atoms. The first kappa shape index (κ1) is 19.3. The largest absolute Gasteiger partial charge is 0.332 e. The number of primary sulfonamides is 1. The Bertz CT molecular complexity index is 964. The van der Waals surface area contributed by atoms with E-state index in [1.54, 1.807) is 31.0 Å². The molecule has 2 aliphatic rings. The van der Waals surface area contributed by atoms with Crippen molar-refractivity contribution >= 4 is 25.7 Å². The fourth-order valence-corrected chi connectivity index (χ4v) is 7.35. The third-order valence-corrected chi connectivity index (χ3v) is 9.15. The van der Waals surface area contributed by atoms with E-state index < -0.39 is 25.3 Å². The Morgan fingerprint density at radius 1 is 1.31 bits per heavy atom. The molecule has 3 rings (SSSR count). The minimum absolute atomic E-state index is 0.0346. The van der Waals surface area contributed by atoms with Crippen molar-refractivity contribution in [3.05, 3.63) is 29.3 Å². The molecule has 0 radical (unpaired) electrons. The molecule has 2 unspecified atom stereocenters. The highest BCUT2D eigenvalue weighted by Crippen LogP contribution is 2.39. The molecule has 26 heavy (non-hydrogen) atoms. The molecular formula is C17H25N3O4S2. The summed E-state index contributed by atoms with van der Waals surface area (Å²) in [4.78, 5) is 14.9. The lowest BCUT2D eigenvalue weighted by Gasteiger charge is -2.42. The van der Waals surface area contributed by atoms with Gasteiger partial charge in [-0.25, -0.2) is 22.1 Å². The topological polar surface area (TPSA) is 110 Å². The van der Waals surface area contributed by atoms with Crippen LogP contribution >= 0.6 is 0 Å².